The number of carbonyl (C=O) groups excluding carboxylic acids is 1. The highest BCUT2D eigenvalue weighted by Gasteiger charge is 2.23. The lowest BCUT2D eigenvalue weighted by atomic mass is 10.1. The molecule has 0 aromatic carbocycles. The van der Waals surface area contributed by atoms with E-state index in [1.54, 1.807) is 4.68 Å². The molecule has 120 valence electrons. The third kappa shape index (κ3) is 5.09. The lowest BCUT2D eigenvalue weighted by Gasteiger charge is -2.14. The van der Waals surface area contributed by atoms with Gasteiger partial charge in [0.1, 0.15) is 0 Å². The van der Waals surface area contributed by atoms with Crippen LogP contribution in [0.4, 0.5) is 0 Å². The number of rotatable bonds is 9. The van der Waals surface area contributed by atoms with Crippen LogP contribution in [-0.2, 0) is 16.0 Å². The molecule has 0 spiro atoms. The molecule has 0 aliphatic heterocycles. The Balaban J connectivity index is 2.70. The van der Waals surface area contributed by atoms with Gasteiger partial charge in [0.25, 0.3) is 0 Å². The van der Waals surface area contributed by atoms with Gasteiger partial charge in [-0.1, -0.05) is 32.4 Å². The van der Waals surface area contributed by atoms with E-state index >= 15 is 0 Å². The van der Waals surface area contributed by atoms with E-state index in [1.165, 1.54) is 7.11 Å². The van der Waals surface area contributed by atoms with E-state index in [-0.39, 0.29) is 24.8 Å². The molecule has 0 aliphatic rings. The summed E-state index contributed by atoms with van der Waals surface area (Å²) in [5.74, 6) is -0.471. The van der Waals surface area contributed by atoms with Gasteiger partial charge in [0.15, 0.2) is 5.69 Å². The summed E-state index contributed by atoms with van der Waals surface area (Å²) >= 11 is 0. The Morgan fingerprint density at radius 3 is 2.71 bits per heavy atom. The van der Waals surface area contributed by atoms with Crippen molar-refractivity contribution in [3.05, 3.63) is 11.4 Å². The Morgan fingerprint density at radius 2 is 2.14 bits per heavy atom. The fourth-order valence-corrected chi connectivity index (χ4v) is 1.99. The molecule has 7 nitrogen and oxygen atoms in total. The number of hydrogen-bond acceptors (Lipinski definition) is 6. The van der Waals surface area contributed by atoms with Gasteiger partial charge in [0, 0.05) is 6.61 Å². The first-order valence-electron chi connectivity index (χ1n) is 7.28. The highest BCUT2D eigenvalue weighted by atomic mass is 16.5. The number of aromatic nitrogens is 3. The molecular formula is C14H25N3O4. The van der Waals surface area contributed by atoms with Crippen LogP contribution in [0.1, 0.15) is 55.7 Å². The average molecular weight is 299 g/mol. The van der Waals surface area contributed by atoms with Crippen molar-refractivity contribution >= 4 is 5.97 Å². The van der Waals surface area contributed by atoms with Crippen LogP contribution in [0.15, 0.2) is 0 Å². The second-order valence-electron chi connectivity index (χ2n) is 5.23. The van der Waals surface area contributed by atoms with Crippen LogP contribution in [0.25, 0.3) is 0 Å². The van der Waals surface area contributed by atoms with Gasteiger partial charge in [-0.25, -0.2) is 9.48 Å². The first-order chi connectivity index (χ1) is 10.0. The molecule has 0 radical (unpaired) electrons. The van der Waals surface area contributed by atoms with Crippen LogP contribution < -0.4 is 0 Å². The zero-order valence-electron chi connectivity index (χ0n) is 13.2. The topological polar surface area (TPSA) is 86.5 Å². The zero-order chi connectivity index (χ0) is 15.8. The highest BCUT2D eigenvalue weighted by Crippen LogP contribution is 2.18. The minimum absolute atomic E-state index is 0.0438. The molecule has 1 unspecified atom stereocenters. The first kappa shape index (κ1) is 17.6. The van der Waals surface area contributed by atoms with E-state index in [2.05, 4.69) is 17.2 Å². The van der Waals surface area contributed by atoms with Crippen LogP contribution in [0.2, 0.25) is 0 Å². The number of methoxy groups -OCH3 is 1. The largest absolute Gasteiger partial charge is 0.464 e. The Labute approximate surface area is 125 Å². The molecule has 0 fully saturated rings. The van der Waals surface area contributed by atoms with Gasteiger partial charge in [-0.3, -0.25) is 0 Å². The van der Waals surface area contributed by atoms with Crippen LogP contribution in [0, 0.1) is 0 Å². The molecule has 1 aromatic rings. The van der Waals surface area contributed by atoms with E-state index in [1.807, 2.05) is 13.8 Å². The van der Waals surface area contributed by atoms with Crippen LogP contribution in [-0.4, -0.2) is 52.5 Å². The lowest BCUT2D eigenvalue weighted by molar-refractivity contribution is 0.0245. The number of hydrogen-bond donors (Lipinski definition) is 1. The highest BCUT2D eigenvalue weighted by molar-refractivity contribution is 5.88. The van der Waals surface area contributed by atoms with E-state index < -0.39 is 12.1 Å². The van der Waals surface area contributed by atoms with Crippen molar-refractivity contribution < 1.29 is 19.4 Å². The fourth-order valence-electron chi connectivity index (χ4n) is 1.99. The summed E-state index contributed by atoms with van der Waals surface area (Å²) < 4.78 is 11.6. The van der Waals surface area contributed by atoms with Gasteiger partial charge in [-0.2, -0.15) is 0 Å². The van der Waals surface area contributed by atoms with Crippen molar-refractivity contribution in [3.63, 3.8) is 0 Å². The summed E-state index contributed by atoms with van der Waals surface area (Å²) in [6.07, 6.45) is 1.34. The van der Waals surface area contributed by atoms with Gasteiger partial charge in [0.05, 0.1) is 32.1 Å². The summed E-state index contributed by atoms with van der Waals surface area (Å²) in [4.78, 5) is 11.7. The molecule has 1 heterocycles. The van der Waals surface area contributed by atoms with E-state index in [0.29, 0.717) is 12.3 Å². The molecule has 1 rings (SSSR count). The number of nitrogens with zero attached hydrogens (tertiary/aromatic N) is 3. The number of carbonyl (C=O) groups is 1. The van der Waals surface area contributed by atoms with Crippen molar-refractivity contribution in [2.75, 3.05) is 20.3 Å². The average Bonchev–Trinajstić information content (AvgIpc) is 2.86. The van der Waals surface area contributed by atoms with Crippen molar-refractivity contribution in [3.8, 4) is 0 Å². The number of aliphatic hydroxyl groups excluding tert-OH is 1. The summed E-state index contributed by atoms with van der Waals surface area (Å²) in [6.45, 7) is 7.07. The minimum atomic E-state index is -0.688. The molecule has 0 bridgehead atoms. The molecular weight excluding hydrogens is 274 g/mol. The van der Waals surface area contributed by atoms with Crippen molar-refractivity contribution in [2.24, 2.45) is 0 Å². The normalized spacial score (nSPS) is 12.7. The Morgan fingerprint density at radius 1 is 1.43 bits per heavy atom. The standard InChI is InChI=1S/C14H25N3O4/c1-5-6-7-21-9-11(18)8-17-13(10(2)3)12(15-16-17)14(19)20-4/h10-11,18H,5-9H2,1-4H3. The van der Waals surface area contributed by atoms with Crippen molar-refractivity contribution in [1.29, 1.82) is 0 Å². The Hall–Kier alpha value is -1.47. The van der Waals surface area contributed by atoms with Crippen molar-refractivity contribution in [1.82, 2.24) is 15.0 Å². The Bertz CT molecular complexity index is 445. The second kappa shape index (κ2) is 8.74. The number of esters is 1. The molecule has 21 heavy (non-hydrogen) atoms. The van der Waals surface area contributed by atoms with E-state index in [4.69, 9.17) is 9.47 Å². The quantitative estimate of drug-likeness (QED) is 0.547. The smallest absolute Gasteiger partial charge is 0.360 e. The predicted molar refractivity (Wildman–Crippen MR) is 77.2 cm³/mol. The van der Waals surface area contributed by atoms with Crippen LogP contribution >= 0.6 is 0 Å². The molecule has 0 amide bonds. The van der Waals surface area contributed by atoms with Crippen LogP contribution in [0.3, 0.4) is 0 Å². The zero-order valence-corrected chi connectivity index (χ0v) is 13.2. The summed E-state index contributed by atoms with van der Waals surface area (Å²) in [5, 5.41) is 17.8. The number of unbranched alkanes of at least 4 members (excludes halogenated alkanes) is 1. The minimum Gasteiger partial charge on any atom is -0.464 e. The summed E-state index contributed by atoms with van der Waals surface area (Å²) in [6, 6.07) is 0. The second-order valence-corrected chi connectivity index (χ2v) is 5.23. The third-order valence-corrected chi connectivity index (χ3v) is 3.04. The van der Waals surface area contributed by atoms with Gasteiger partial charge in [-0.05, 0) is 12.3 Å². The Kier molecular flexibility index (Phi) is 7.31. The summed E-state index contributed by atoms with van der Waals surface area (Å²) in [7, 11) is 1.31. The van der Waals surface area contributed by atoms with Crippen molar-refractivity contribution in [2.45, 2.75) is 52.2 Å². The van der Waals surface area contributed by atoms with Gasteiger partial charge in [0.2, 0.25) is 0 Å². The SMILES string of the molecule is CCCCOCC(O)Cn1nnc(C(=O)OC)c1C(C)C. The van der Waals surface area contributed by atoms with E-state index in [0.717, 1.165) is 12.8 Å². The third-order valence-electron chi connectivity index (χ3n) is 3.04. The maximum absolute atomic E-state index is 11.7. The molecule has 0 saturated heterocycles. The van der Waals surface area contributed by atoms with Gasteiger partial charge in [-0.15, -0.1) is 5.10 Å². The van der Waals surface area contributed by atoms with Gasteiger partial charge >= 0.3 is 5.97 Å². The summed E-state index contributed by atoms with van der Waals surface area (Å²) in [5.41, 5.74) is 0.862. The maximum Gasteiger partial charge on any atom is 0.360 e. The molecule has 0 aliphatic carbocycles. The van der Waals surface area contributed by atoms with E-state index in [9.17, 15) is 9.90 Å². The molecule has 1 aromatic heterocycles. The van der Waals surface area contributed by atoms with Crippen LogP contribution in [0.5, 0.6) is 0 Å². The molecule has 1 atom stereocenters. The van der Waals surface area contributed by atoms with Gasteiger partial charge < -0.3 is 14.6 Å². The number of aliphatic hydroxyl groups is 1. The molecule has 1 N–H and O–H groups in total. The monoisotopic (exact) mass is 299 g/mol. The molecule has 0 saturated carbocycles. The first-order valence-corrected chi connectivity index (χ1v) is 7.28. The predicted octanol–water partition coefficient (Wildman–Crippen LogP) is 1.37. The lowest BCUT2D eigenvalue weighted by Crippen LogP contribution is -2.24. The maximum atomic E-state index is 11.7. The number of ether oxygens (including phenoxy) is 2. The fraction of sp³-hybridized carbons (Fsp3) is 0.786. The molecule has 7 heteroatoms.